The van der Waals surface area contributed by atoms with Gasteiger partial charge in [-0.05, 0) is 18.6 Å². The lowest BCUT2D eigenvalue weighted by Gasteiger charge is -2.14. The normalized spacial score (nSPS) is 12.0. The molecule has 0 spiro atoms. The van der Waals surface area contributed by atoms with Gasteiger partial charge in [-0.3, -0.25) is 10.1 Å². The number of rotatable bonds is 5. The molecule has 0 aromatic heterocycles. The van der Waals surface area contributed by atoms with Crippen molar-refractivity contribution in [1.82, 2.24) is 0 Å². The van der Waals surface area contributed by atoms with Gasteiger partial charge in [0.2, 0.25) is 5.82 Å². The molecule has 2 aromatic rings. The number of nitro groups is 1. The van der Waals surface area contributed by atoms with Gasteiger partial charge in [-0.2, -0.15) is 4.39 Å². The summed E-state index contributed by atoms with van der Waals surface area (Å²) in [6.45, 7) is 1.83. The lowest BCUT2D eigenvalue weighted by atomic mass is 10.1. The number of aliphatic hydroxyl groups is 1. The number of aliphatic hydroxyl groups excluding tert-OH is 1. The highest BCUT2D eigenvalue weighted by Gasteiger charge is 2.16. The molecular weight excluding hydrogens is 277 g/mol. The molecule has 0 heterocycles. The van der Waals surface area contributed by atoms with Gasteiger partial charge in [-0.25, -0.2) is 0 Å². The molecule has 0 radical (unpaired) electrons. The summed E-state index contributed by atoms with van der Waals surface area (Å²) in [5.74, 6) is -0.444. The first-order valence-corrected chi connectivity index (χ1v) is 6.41. The molecule has 0 fully saturated rings. The van der Waals surface area contributed by atoms with Gasteiger partial charge in [0, 0.05) is 17.7 Å². The van der Waals surface area contributed by atoms with E-state index in [4.69, 9.17) is 4.74 Å². The van der Waals surface area contributed by atoms with Gasteiger partial charge in [0.25, 0.3) is 0 Å². The van der Waals surface area contributed by atoms with Crippen LogP contribution in [0.5, 0.6) is 11.5 Å². The third-order valence-corrected chi connectivity index (χ3v) is 3.01. The fraction of sp³-hybridized carbons (Fsp3) is 0.200. The van der Waals surface area contributed by atoms with Gasteiger partial charge in [-0.15, -0.1) is 0 Å². The molecular formula is C15H14FNO4. The first-order valence-electron chi connectivity index (χ1n) is 6.41. The second-order valence-electron chi connectivity index (χ2n) is 4.43. The molecule has 0 unspecified atom stereocenters. The SMILES string of the molecule is CC[C@H](O)c1ccccc1Oc1ccc([N+](=O)[O-])c(F)c1. The quantitative estimate of drug-likeness (QED) is 0.668. The van der Waals surface area contributed by atoms with E-state index in [1.54, 1.807) is 24.3 Å². The van der Waals surface area contributed by atoms with E-state index in [9.17, 15) is 19.6 Å². The van der Waals surface area contributed by atoms with Crippen LogP contribution in [0.1, 0.15) is 25.0 Å². The van der Waals surface area contributed by atoms with Crippen LogP contribution in [0.25, 0.3) is 0 Å². The maximum absolute atomic E-state index is 13.6. The Labute approximate surface area is 120 Å². The van der Waals surface area contributed by atoms with Crippen molar-refractivity contribution in [3.05, 3.63) is 64.0 Å². The van der Waals surface area contributed by atoms with Crippen LogP contribution in [0, 0.1) is 15.9 Å². The monoisotopic (exact) mass is 291 g/mol. The molecule has 1 N–H and O–H groups in total. The third-order valence-electron chi connectivity index (χ3n) is 3.01. The number of nitrogens with zero attached hydrogens (tertiary/aromatic N) is 1. The fourth-order valence-corrected chi connectivity index (χ4v) is 1.89. The Bertz CT molecular complexity index is 660. The van der Waals surface area contributed by atoms with E-state index in [0.717, 1.165) is 12.1 Å². The lowest BCUT2D eigenvalue weighted by molar-refractivity contribution is -0.387. The number of ether oxygens (including phenoxy) is 1. The van der Waals surface area contributed by atoms with Gasteiger partial charge in [0.05, 0.1) is 11.0 Å². The molecule has 1 atom stereocenters. The molecule has 0 aliphatic carbocycles. The van der Waals surface area contributed by atoms with Crippen LogP contribution in [0.4, 0.5) is 10.1 Å². The minimum Gasteiger partial charge on any atom is -0.457 e. The number of halogens is 1. The topological polar surface area (TPSA) is 72.6 Å². The largest absolute Gasteiger partial charge is 0.457 e. The Morgan fingerprint density at radius 3 is 2.67 bits per heavy atom. The molecule has 0 saturated heterocycles. The Kier molecular flexibility index (Phi) is 4.49. The van der Waals surface area contributed by atoms with Crippen molar-refractivity contribution in [2.45, 2.75) is 19.4 Å². The van der Waals surface area contributed by atoms with Crippen LogP contribution in [0.15, 0.2) is 42.5 Å². The summed E-state index contributed by atoms with van der Waals surface area (Å²) < 4.78 is 19.1. The molecule has 6 heteroatoms. The maximum Gasteiger partial charge on any atom is 0.305 e. The molecule has 0 aliphatic heterocycles. The summed E-state index contributed by atoms with van der Waals surface area (Å²) in [6, 6.07) is 10.2. The molecule has 110 valence electrons. The van der Waals surface area contributed by atoms with Crippen LogP contribution in [-0.2, 0) is 0 Å². The number of para-hydroxylation sites is 1. The van der Waals surface area contributed by atoms with E-state index >= 15 is 0 Å². The fourth-order valence-electron chi connectivity index (χ4n) is 1.89. The number of hydrogen-bond donors (Lipinski definition) is 1. The van der Waals surface area contributed by atoms with Crippen LogP contribution < -0.4 is 4.74 Å². The van der Waals surface area contributed by atoms with Gasteiger partial charge < -0.3 is 9.84 Å². The van der Waals surface area contributed by atoms with E-state index in [1.807, 2.05) is 6.92 Å². The van der Waals surface area contributed by atoms with Gasteiger partial charge >= 0.3 is 5.69 Å². The van der Waals surface area contributed by atoms with Crippen molar-refractivity contribution in [3.8, 4) is 11.5 Å². The van der Waals surface area contributed by atoms with Gasteiger partial charge in [0.15, 0.2) is 0 Å². The Morgan fingerprint density at radius 1 is 1.33 bits per heavy atom. The highest BCUT2D eigenvalue weighted by atomic mass is 19.1. The Morgan fingerprint density at radius 2 is 2.05 bits per heavy atom. The lowest BCUT2D eigenvalue weighted by Crippen LogP contribution is -1.99. The van der Waals surface area contributed by atoms with E-state index < -0.39 is 22.5 Å². The number of nitro benzene ring substituents is 1. The molecule has 2 aromatic carbocycles. The van der Waals surface area contributed by atoms with Crippen molar-refractivity contribution < 1.29 is 19.2 Å². The zero-order chi connectivity index (χ0) is 15.4. The van der Waals surface area contributed by atoms with E-state index in [-0.39, 0.29) is 5.75 Å². The Hall–Kier alpha value is -2.47. The molecule has 0 aliphatic rings. The van der Waals surface area contributed by atoms with Crippen molar-refractivity contribution in [2.24, 2.45) is 0 Å². The summed E-state index contributed by atoms with van der Waals surface area (Å²) in [5.41, 5.74) is -0.0250. The molecule has 0 amide bonds. The third kappa shape index (κ3) is 3.35. The van der Waals surface area contributed by atoms with Crippen molar-refractivity contribution in [3.63, 3.8) is 0 Å². The van der Waals surface area contributed by atoms with Crippen LogP contribution in [-0.4, -0.2) is 10.0 Å². The van der Waals surface area contributed by atoms with E-state index in [0.29, 0.717) is 17.7 Å². The highest BCUT2D eigenvalue weighted by molar-refractivity contribution is 5.42. The summed E-state index contributed by atoms with van der Waals surface area (Å²) in [6.07, 6.45) is -0.182. The first kappa shape index (κ1) is 14.9. The standard InChI is InChI=1S/C15H14FNO4/c1-2-14(18)11-5-3-4-6-15(11)21-10-7-8-13(17(19)20)12(16)9-10/h3-9,14,18H,2H2,1H3/t14-/m0/s1. The zero-order valence-electron chi connectivity index (χ0n) is 11.3. The summed E-state index contributed by atoms with van der Waals surface area (Å²) in [4.78, 5) is 9.77. The second-order valence-corrected chi connectivity index (χ2v) is 4.43. The maximum atomic E-state index is 13.6. The van der Waals surface area contributed by atoms with Gasteiger partial charge in [0.1, 0.15) is 11.5 Å². The predicted octanol–water partition coefficient (Wildman–Crippen LogP) is 3.97. The smallest absolute Gasteiger partial charge is 0.305 e. The number of benzene rings is 2. The van der Waals surface area contributed by atoms with E-state index in [2.05, 4.69) is 0 Å². The highest BCUT2D eigenvalue weighted by Crippen LogP contribution is 2.32. The number of hydrogen-bond acceptors (Lipinski definition) is 4. The summed E-state index contributed by atoms with van der Waals surface area (Å²) in [5, 5.41) is 20.5. The first-order chi connectivity index (χ1) is 10.0. The Balaban J connectivity index is 2.31. The molecule has 21 heavy (non-hydrogen) atoms. The van der Waals surface area contributed by atoms with Crippen LogP contribution in [0.2, 0.25) is 0 Å². The van der Waals surface area contributed by atoms with Crippen LogP contribution in [0.3, 0.4) is 0 Å². The van der Waals surface area contributed by atoms with E-state index in [1.165, 1.54) is 6.07 Å². The second kappa shape index (κ2) is 6.32. The van der Waals surface area contributed by atoms with Crippen molar-refractivity contribution >= 4 is 5.69 Å². The average molecular weight is 291 g/mol. The minimum absolute atomic E-state index is 0.133. The van der Waals surface area contributed by atoms with Gasteiger partial charge in [-0.1, -0.05) is 25.1 Å². The predicted molar refractivity (Wildman–Crippen MR) is 74.8 cm³/mol. The minimum atomic E-state index is -0.967. The zero-order valence-corrected chi connectivity index (χ0v) is 11.3. The molecule has 0 saturated carbocycles. The molecule has 5 nitrogen and oxygen atoms in total. The van der Waals surface area contributed by atoms with Crippen LogP contribution >= 0.6 is 0 Å². The molecule has 0 bridgehead atoms. The van der Waals surface area contributed by atoms with Crippen molar-refractivity contribution in [1.29, 1.82) is 0 Å². The van der Waals surface area contributed by atoms with Crippen molar-refractivity contribution in [2.75, 3.05) is 0 Å². The summed E-state index contributed by atoms with van der Waals surface area (Å²) in [7, 11) is 0. The molecule has 2 rings (SSSR count). The average Bonchev–Trinajstić information content (AvgIpc) is 2.46. The summed E-state index contributed by atoms with van der Waals surface area (Å²) >= 11 is 0.